The van der Waals surface area contributed by atoms with Crippen LogP contribution >= 0.6 is 11.6 Å². The lowest BCUT2D eigenvalue weighted by Crippen LogP contribution is -2.40. The van der Waals surface area contributed by atoms with Crippen LogP contribution in [0.1, 0.15) is 25.3 Å². The number of hydrogen-bond donors (Lipinski definition) is 1. The number of hydrogen-bond acceptors (Lipinski definition) is 3. The fraction of sp³-hybridized carbons (Fsp3) is 0.467. The maximum Gasteiger partial charge on any atom is 0.328 e. The van der Waals surface area contributed by atoms with Crippen LogP contribution in [-0.4, -0.2) is 24.5 Å². The molecule has 0 aliphatic heterocycles. The summed E-state index contributed by atoms with van der Waals surface area (Å²) in [6, 6.07) is 6.47. The molecule has 1 aromatic carbocycles. The molecule has 108 valence electrons. The summed E-state index contributed by atoms with van der Waals surface area (Å²) in [6.45, 7) is 2.10. The van der Waals surface area contributed by atoms with Gasteiger partial charge in [-0.05, 0) is 43.4 Å². The van der Waals surface area contributed by atoms with Gasteiger partial charge in [-0.25, -0.2) is 4.79 Å². The number of nitrogens with one attached hydrogen (secondary N) is 1. The molecule has 1 fully saturated rings. The van der Waals surface area contributed by atoms with Crippen molar-refractivity contribution in [2.75, 3.05) is 6.61 Å². The Bertz CT molecular complexity index is 500. The van der Waals surface area contributed by atoms with Crippen molar-refractivity contribution in [1.29, 1.82) is 0 Å². The monoisotopic (exact) mass is 295 g/mol. The summed E-state index contributed by atoms with van der Waals surface area (Å²) >= 11 is 5.86. The SMILES string of the molecule is C[C@H](NC(=O)Cc1cccc(Cl)c1)C(=O)OCC1CC1. The van der Waals surface area contributed by atoms with Gasteiger partial charge in [0.2, 0.25) is 5.91 Å². The Morgan fingerprint density at radius 1 is 1.45 bits per heavy atom. The third kappa shape index (κ3) is 4.85. The summed E-state index contributed by atoms with van der Waals surface area (Å²) < 4.78 is 5.12. The Labute approximate surface area is 123 Å². The molecule has 1 aliphatic rings. The van der Waals surface area contributed by atoms with Crippen molar-refractivity contribution in [3.63, 3.8) is 0 Å². The molecule has 2 rings (SSSR count). The molecule has 1 aliphatic carbocycles. The third-order valence-corrected chi connectivity index (χ3v) is 3.38. The molecule has 0 spiro atoms. The second-order valence-electron chi connectivity index (χ2n) is 5.17. The van der Waals surface area contributed by atoms with Crippen LogP contribution in [0.4, 0.5) is 0 Å². The predicted octanol–water partition coefficient (Wildman–Crippen LogP) is 2.34. The molecule has 5 heteroatoms. The van der Waals surface area contributed by atoms with E-state index in [0.29, 0.717) is 17.5 Å². The molecular weight excluding hydrogens is 278 g/mol. The zero-order chi connectivity index (χ0) is 14.5. The number of benzene rings is 1. The summed E-state index contributed by atoms with van der Waals surface area (Å²) in [5, 5.41) is 3.23. The molecule has 20 heavy (non-hydrogen) atoms. The van der Waals surface area contributed by atoms with Gasteiger partial charge in [-0.15, -0.1) is 0 Å². The summed E-state index contributed by atoms with van der Waals surface area (Å²) in [5.41, 5.74) is 0.813. The van der Waals surface area contributed by atoms with Crippen LogP contribution in [0.2, 0.25) is 5.02 Å². The van der Waals surface area contributed by atoms with Gasteiger partial charge >= 0.3 is 5.97 Å². The average Bonchev–Trinajstić information content (AvgIpc) is 3.19. The molecule has 0 aromatic heterocycles. The zero-order valence-electron chi connectivity index (χ0n) is 11.4. The maximum atomic E-state index is 11.8. The van der Waals surface area contributed by atoms with Crippen LogP contribution in [0.5, 0.6) is 0 Å². The van der Waals surface area contributed by atoms with Gasteiger partial charge in [0.1, 0.15) is 6.04 Å². The molecule has 0 bridgehead atoms. The molecule has 1 aromatic rings. The molecule has 4 nitrogen and oxygen atoms in total. The molecular formula is C15H18ClNO3. The van der Waals surface area contributed by atoms with Gasteiger partial charge in [-0.2, -0.15) is 0 Å². The molecule has 0 heterocycles. The number of rotatable bonds is 6. The Balaban J connectivity index is 1.76. The second kappa shape index (κ2) is 6.75. The van der Waals surface area contributed by atoms with Gasteiger partial charge in [0.25, 0.3) is 0 Å². The summed E-state index contributed by atoms with van der Waals surface area (Å²) in [4.78, 5) is 23.5. The average molecular weight is 296 g/mol. The van der Waals surface area contributed by atoms with E-state index >= 15 is 0 Å². The highest BCUT2D eigenvalue weighted by molar-refractivity contribution is 6.30. The van der Waals surface area contributed by atoms with E-state index in [4.69, 9.17) is 16.3 Å². The number of carbonyl (C=O) groups is 2. The number of ether oxygens (including phenoxy) is 1. The number of esters is 1. The van der Waals surface area contributed by atoms with E-state index in [1.807, 2.05) is 6.07 Å². The van der Waals surface area contributed by atoms with Gasteiger partial charge in [0.05, 0.1) is 13.0 Å². The fourth-order valence-corrected chi connectivity index (χ4v) is 2.01. The van der Waals surface area contributed by atoms with Crippen LogP contribution in [-0.2, 0) is 20.7 Å². The van der Waals surface area contributed by atoms with Crippen LogP contribution in [0.3, 0.4) is 0 Å². The minimum atomic E-state index is -0.625. The quantitative estimate of drug-likeness (QED) is 0.820. The van der Waals surface area contributed by atoms with Gasteiger partial charge in [0.15, 0.2) is 0 Å². The van der Waals surface area contributed by atoms with E-state index < -0.39 is 6.04 Å². The lowest BCUT2D eigenvalue weighted by Gasteiger charge is -2.13. The Morgan fingerprint density at radius 2 is 2.20 bits per heavy atom. The minimum Gasteiger partial charge on any atom is -0.464 e. The van der Waals surface area contributed by atoms with Crippen molar-refractivity contribution in [2.45, 2.75) is 32.2 Å². The third-order valence-electron chi connectivity index (χ3n) is 3.14. The van der Waals surface area contributed by atoms with Gasteiger partial charge in [-0.3, -0.25) is 4.79 Å². The van der Waals surface area contributed by atoms with Crippen molar-refractivity contribution in [2.24, 2.45) is 5.92 Å². The van der Waals surface area contributed by atoms with E-state index in [9.17, 15) is 9.59 Å². The van der Waals surface area contributed by atoms with E-state index in [0.717, 1.165) is 18.4 Å². The second-order valence-corrected chi connectivity index (χ2v) is 5.61. The van der Waals surface area contributed by atoms with Crippen molar-refractivity contribution in [1.82, 2.24) is 5.32 Å². The lowest BCUT2D eigenvalue weighted by atomic mass is 10.1. The van der Waals surface area contributed by atoms with Crippen molar-refractivity contribution < 1.29 is 14.3 Å². The van der Waals surface area contributed by atoms with Crippen LogP contribution in [0.25, 0.3) is 0 Å². The highest BCUT2D eigenvalue weighted by atomic mass is 35.5. The summed E-state index contributed by atoms with van der Waals surface area (Å²) in [7, 11) is 0. The highest BCUT2D eigenvalue weighted by Gasteiger charge is 2.25. The van der Waals surface area contributed by atoms with E-state index in [2.05, 4.69) is 5.32 Å². The molecule has 0 saturated heterocycles. The van der Waals surface area contributed by atoms with Crippen LogP contribution in [0.15, 0.2) is 24.3 Å². The minimum absolute atomic E-state index is 0.195. The van der Waals surface area contributed by atoms with E-state index in [1.54, 1.807) is 25.1 Å². The molecule has 1 atom stereocenters. The molecule has 1 saturated carbocycles. The molecule has 1 amide bonds. The fourth-order valence-electron chi connectivity index (χ4n) is 1.79. The Morgan fingerprint density at radius 3 is 2.85 bits per heavy atom. The normalized spacial score (nSPS) is 15.5. The van der Waals surface area contributed by atoms with Crippen molar-refractivity contribution in [3.05, 3.63) is 34.9 Å². The maximum absolute atomic E-state index is 11.8. The first-order valence-electron chi connectivity index (χ1n) is 6.75. The van der Waals surface area contributed by atoms with E-state index in [1.165, 1.54) is 0 Å². The first-order valence-corrected chi connectivity index (χ1v) is 7.13. The van der Waals surface area contributed by atoms with Crippen LogP contribution in [0, 0.1) is 5.92 Å². The summed E-state index contributed by atoms with van der Waals surface area (Å²) in [5.74, 6) is -0.0761. The molecule has 1 N–H and O–H groups in total. The lowest BCUT2D eigenvalue weighted by molar-refractivity contribution is -0.147. The largest absolute Gasteiger partial charge is 0.464 e. The molecule has 0 unspecified atom stereocenters. The topological polar surface area (TPSA) is 55.4 Å². The predicted molar refractivity (Wildman–Crippen MR) is 76.4 cm³/mol. The van der Waals surface area contributed by atoms with Crippen molar-refractivity contribution >= 4 is 23.5 Å². The Hall–Kier alpha value is -1.55. The summed E-state index contributed by atoms with van der Waals surface area (Å²) in [6.07, 6.45) is 2.45. The standard InChI is InChI=1S/C15H18ClNO3/c1-10(15(19)20-9-11-5-6-11)17-14(18)8-12-3-2-4-13(16)7-12/h2-4,7,10-11H,5-6,8-9H2,1H3,(H,17,18)/t10-/m0/s1. The number of amides is 1. The highest BCUT2D eigenvalue weighted by Crippen LogP contribution is 2.28. The Kier molecular flexibility index (Phi) is 5.01. The van der Waals surface area contributed by atoms with Gasteiger partial charge in [0, 0.05) is 5.02 Å². The van der Waals surface area contributed by atoms with E-state index in [-0.39, 0.29) is 18.3 Å². The van der Waals surface area contributed by atoms with Crippen molar-refractivity contribution in [3.8, 4) is 0 Å². The molecule has 0 radical (unpaired) electrons. The van der Waals surface area contributed by atoms with Gasteiger partial charge in [-0.1, -0.05) is 23.7 Å². The first-order chi connectivity index (χ1) is 9.54. The first kappa shape index (κ1) is 14.9. The smallest absolute Gasteiger partial charge is 0.328 e. The zero-order valence-corrected chi connectivity index (χ0v) is 12.2. The number of carbonyl (C=O) groups excluding carboxylic acids is 2. The number of halogens is 1. The van der Waals surface area contributed by atoms with Crippen LogP contribution < -0.4 is 5.32 Å². The van der Waals surface area contributed by atoms with Gasteiger partial charge < -0.3 is 10.1 Å².